The Morgan fingerprint density at radius 2 is 1.22 bits per heavy atom. The summed E-state index contributed by atoms with van der Waals surface area (Å²) in [6.45, 7) is 10.3. The maximum Gasteiger partial charge on any atom is 0.432 e. The zero-order chi connectivity index (χ0) is 68.5. The predicted molar refractivity (Wildman–Crippen MR) is 310 cm³/mol. The van der Waals surface area contributed by atoms with E-state index in [9.17, 15) is 13.7 Å². The van der Waals surface area contributed by atoms with Crippen LogP contribution in [0.15, 0.2) is 152 Å². The van der Waals surface area contributed by atoms with E-state index in [0.29, 0.717) is 56.2 Å². The van der Waals surface area contributed by atoms with Gasteiger partial charge in [-0.15, -0.1) is 4.57 Å². The number of para-hydroxylation sites is 1. The van der Waals surface area contributed by atoms with E-state index in [1.165, 1.54) is 4.57 Å². The fourth-order valence-electron chi connectivity index (χ4n) is 11.6. The van der Waals surface area contributed by atoms with Crippen LogP contribution in [0, 0.1) is 6.85 Å². The fraction of sp³-hybridized carbons (Fsp3) is 0.329. The monoisotopic (exact) mass is 992 g/mol. The summed E-state index contributed by atoms with van der Waals surface area (Å²) < 4.78 is 184. The molecule has 0 saturated heterocycles. The topological polar surface area (TPSA) is 19.6 Å². The number of ether oxygens (including phenoxy) is 1. The number of pyridine rings is 1. The smallest absolute Gasteiger partial charge is 0.410 e. The van der Waals surface area contributed by atoms with E-state index in [1.807, 2.05) is 109 Å². The van der Waals surface area contributed by atoms with Gasteiger partial charge in [0.25, 0.3) is 0 Å². The van der Waals surface area contributed by atoms with E-state index in [-0.39, 0.29) is 16.7 Å². The molecular weight excluding hydrogens is 899 g/mol. The van der Waals surface area contributed by atoms with E-state index in [1.54, 1.807) is 6.07 Å². The summed E-state index contributed by atoms with van der Waals surface area (Å²) in [5.74, 6) is -1.67. The molecule has 0 radical (unpaired) electrons. The minimum atomic E-state index is -3.97. The van der Waals surface area contributed by atoms with Crippen molar-refractivity contribution in [1.82, 2.24) is 0 Å². The van der Waals surface area contributed by atoms with E-state index in [2.05, 4.69) is 86.6 Å². The van der Waals surface area contributed by atoms with Crippen LogP contribution in [0.4, 0.5) is 17.1 Å². The molecule has 7 aromatic carbocycles. The molecule has 0 fully saturated rings. The average molecular weight is 992 g/mol. The third kappa shape index (κ3) is 7.10. The number of anilines is 3. The Bertz CT molecular complexity index is 4450. The molecule has 1 spiro atoms. The summed E-state index contributed by atoms with van der Waals surface area (Å²) in [4.78, 5) is 4.07. The lowest BCUT2D eigenvalue weighted by molar-refractivity contribution is -0.774. The van der Waals surface area contributed by atoms with Gasteiger partial charge in [-0.25, -0.2) is 4.90 Å². The van der Waals surface area contributed by atoms with E-state index in [4.69, 9.17) is 17.1 Å². The van der Waals surface area contributed by atoms with Crippen molar-refractivity contribution in [2.24, 2.45) is 0 Å². The summed E-state index contributed by atoms with van der Waals surface area (Å²) in [6.07, 6.45) is -1.66. The minimum Gasteiger partial charge on any atom is -0.410 e. The van der Waals surface area contributed by atoms with Crippen molar-refractivity contribution in [2.45, 2.75) is 150 Å². The van der Waals surface area contributed by atoms with Crippen LogP contribution in [-0.4, -0.2) is 0 Å². The Morgan fingerprint density at radius 3 is 1.89 bits per heavy atom. The Labute approximate surface area is 468 Å². The molecule has 4 heteroatoms. The normalized spacial score (nSPS) is 21.8. The Hall–Kier alpha value is -6.91. The van der Waals surface area contributed by atoms with Crippen molar-refractivity contribution < 1.29 is 35.3 Å². The summed E-state index contributed by atoms with van der Waals surface area (Å²) in [5, 5.41) is 0. The third-order valence-electron chi connectivity index (χ3n) is 15.3. The second-order valence-corrected chi connectivity index (χ2v) is 24.6. The molecule has 2 unspecified atom stereocenters. The lowest BCUT2D eigenvalue weighted by atomic mass is 9.77. The first-order chi connectivity index (χ1) is 42.7. The van der Waals surface area contributed by atoms with Crippen LogP contribution >= 0.6 is 0 Å². The van der Waals surface area contributed by atoms with Crippen molar-refractivity contribution in [3.8, 4) is 61.5 Å². The average Bonchev–Trinajstić information content (AvgIpc) is 1.50. The molecule has 4 nitrogen and oxygen atoms in total. The highest BCUT2D eigenvalue weighted by Crippen LogP contribution is 2.68. The first-order valence-electron chi connectivity index (χ1n) is 35.0. The van der Waals surface area contributed by atoms with E-state index < -0.39 is 120 Å². The van der Waals surface area contributed by atoms with E-state index in [0.717, 1.165) is 38.9 Å². The van der Waals surface area contributed by atoms with Gasteiger partial charge in [-0.05, 0) is 132 Å². The highest BCUT2D eigenvalue weighted by molar-refractivity contribution is 6.02. The van der Waals surface area contributed by atoms with Gasteiger partial charge in [0.1, 0.15) is 18.8 Å². The number of nitrogens with zero attached hydrogens (tertiary/aromatic N) is 3. The van der Waals surface area contributed by atoms with Crippen molar-refractivity contribution in [3.05, 3.63) is 196 Å². The third-order valence-corrected chi connectivity index (χ3v) is 15.3. The lowest BCUT2D eigenvalue weighted by Gasteiger charge is -2.49. The molecule has 5 heterocycles. The van der Waals surface area contributed by atoms with Crippen LogP contribution in [-0.2, 0) is 32.9 Å². The molecule has 374 valence electrons. The van der Waals surface area contributed by atoms with Crippen LogP contribution in [0.25, 0.3) is 55.8 Å². The van der Waals surface area contributed by atoms with Crippen LogP contribution in [0.3, 0.4) is 0 Å². The van der Waals surface area contributed by atoms with Crippen LogP contribution in [0.1, 0.15) is 180 Å². The molecule has 2 atom stereocenters. The molecule has 1 aromatic heterocycles. The zero-order valence-corrected chi connectivity index (χ0v) is 44.2. The fourth-order valence-corrected chi connectivity index (χ4v) is 11.6. The van der Waals surface area contributed by atoms with Gasteiger partial charge >= 0.3 is 5.85 Å². The van der Waals surface area contributed by atoms with Gasteiger partial charge in [-0.2, -0.15) is 0 Å². The second kappa shape index (κ2) is 15.8. The molecule has 4 aliphatic rings. The van der Waals surface area contributed by atoms with Gasteiger partial charge in [0.05, 0.1) is 25.2 Å². The molecule has 12 rings (SSSR count). The van der Waals surface area contributed by atoms with Gasteiger partial charge in [0.2, 0.25) is 5.69 Å². The molecular formula is C70H74N3O+. The molecule has 0 bridgehead atoms. The number of hydrogen-bond acceptors (Lipinski definition) is 3. The highest BCUT2D eigenvalue weighted by atomic mass is 16.5. The highest BCUT2D eigenvalue weighted by Gasteiger charge is 2.70. The van der Waals surface area contributed by atoms with Crippen molar-refractivity contribution in [1.29, 1.82) is 0 Å². The standard InChI is InChI=1S/C70H74N3O/c1-42-36-46(60-50(44-22-18-17-19-23-44)24-20-26-55(60)68(11,12)13)30-33-57(42)72-58-27-21-25-51-52-38-48(66(5,6)7)39-53-59-37-45(43-28-31-47(32-29-43)65(2,3)4)34-35-71(59)70(61(52)53)73(62(51)58)64(72)54-40-49(67(8,9)10)41-56(63(54)74-70)69(14,15)16/h17-41,64H,1-16H3/q+1/i1D3,2D3,3D3,4D3,28D,29D,31D,32D,34D,35D,37D. The van der Waals surface area contributed by atoms with Gasteiger partial charge in [-0.1, -0.05) is 201 Å². The first kappa shape index (κ1) is 31.1. The Balaban J connectivity index is 1.23. The van der Waals surface area contributed by atoms with Gasteiger partial charge in [0, 0.05) is 56.5 Å². The number of benzene rings is 7. The summed E-state index contributed by atoms with van der Waals surface area (Å²) in [5.41, 5.74) is 2.32. The van der Waals surface area contributed by atoms with Crippen molar-refractivity contribution in [2.75, 3.05) is 9.80 Å². The molecule has 8 aromatic rings. The number of aryl methyl sites for hydroxylation is 1. The number of rotatable bonds is 4. The predicted octanol–water partition coefficient (Wildman–Crippen LogP) is 18.1. The van der Waals surface area contributed by atoms with E-state index >= 15 is 0 Å². The van der Waals surface area contributed by atoms with Crippen LogP contribution in [0.5, 0.6) is 5.75 Å². The molecule has 0 amide bonds. The van der Waals surface area contributed by atoms with Crippen molar-refractivity contribution in [3.63, 3.8) is 0 Å². The summed E-state index contributed by atoms with van der Waals surface area (Å²) in [6, 6.07) is 29.5. The number of fused-ring (bicyclic) bond motifs is 5. The van der Waals surface area contributed by atoms with Crippen molar-refractivity contribution >= 4 is 17.1 Å². The SMILES string of the molecule is [2H]c1c([2H])c(C(C([2H])([2H])[2H])(C([2H])([2H])[2H])C([2H])([2H])[2H])c([2H])c([2H])c1-c1c([2H])c([2H])[n+]2c(c1[2H])-c1cc(C(C)(C)C)cc3c1C21Oc2c(cc(C(C)(C)C)cc2C(C)(C)C)C2N(c4ccc(-c5c(-c6ccccc6)cccc5C(C)(C)C)cc4C([2H])([2H])[2H])c4cccc-3c4N21. The summed E-state index contributed by atoms with van der Waals surface area (Å²) in [7, 11) is 0. The molecule has 0 saturated carbocycles. The number of aromatic nitrogens is 1. The second-order valence-electron chi connectivity index (χ2n) is 24.6. The minimum absolute atomic E-state index is 0.0467. The van der Waals surface area contributed by atoms with Gasteiger partial charge in [-0.3, -0.25) is 0 Å². The molecule has 4 aliphatic heterocycles. The summed E-state index contributed by atoms with van der Waals surface area (Å²) >= 11 is 0. The molecule has 74 heavy (non-hydrogen) atoms. The van der Waals surface area contributed by atoms with Gasteiger partial charge in [0.15, 0.2) is 6.17 Å². The first-order valence-corrected chi connectivity index (χ1v) is 25.5. The van der Waals surface area contributed by atoms with Crippen LogP contribution in [0.2, 0.25) is 0 Å². The van der Waals surface area contributed by atoms with Crippen LogP contribution < -0.4 is 19.1 Å². The quantitative estimate of drug-likeness (QED) is 0.164. The molecule has 0 N–H and O–H groups in total. The maximum absolute atomic E-state index is 10.6. The zero-order valence-electron chi connectivity index (χ0n) is 63.2. The maximum atomic E-state index is 10.6. The Kier molecular flexibility index (Phi) is 6.64. The number of hydrogen-bond donors (Lipinski definition) is 0. The largest absolute Gasteiger partial charge is 0.432 e. The van der Waals surface area contributed by atoms with Gasteiger partial charge < -0.3 is 9.64 Å². The lowest BCUT2D eigenvalue weighted by Crippen LogP contribution is -2.71. The molecule has 0 aliphatic carbocycles. The Morgan fingerprint density at radius 1 is 0.541 bits per heavy atom.